The van der Waals surface area contributed by atoms with E-state index in [4.69, 9.17) is 0 Å². The maximum absolute atomic E-state index is 13.8. The molecule has 0 aliphatic heterocycles. The molecule has 124 valence electrons. The summed E-state index contributed by atoms with van der Waals surface area (Å²) in [5, 5.41) is 0. The van der Waals surface area contributed by atoms with Crippen molar-refractivity contribution in [1.29, 1.82) is 0 Å². The number of hydrogen-bond donors (Lipinski definition) is 1. The summed E-state index contributed by atoms with van der Waals surface area (Å²) in [4.78, 5) is -0.111. The number of rotatable bonds is 3. The van der Waals surface area contributed by atoms with E-state index in [-0.39, 0.29) is 16.5 Å². The number of hydrogen-bond acceptors (Lipinski definition) is 2. The zero-order valence-corrected chi connectivity index (χ0v) is 13.0. The second kappa shape index (κ2) is 5.84. The van der Waals surface area contributed by atoms with Crippen LogP contribution in [-0.4, -0.2) is 8.42 Å². The van der Waals surface area contributed by atoms with Crippen LogP contribution in [0.1, 0.15) is 16.7 Å². The van der Waals surface area contributed by atoms with Gasteiger partial charge in [0.2, 0.25) is 0 Å². The van der Waals surface area contributed by atoms with Crippen LogP contribution in [0.3, 0.4) is 0 Å². The summed E-state index contributed by atoms with van der Waals surface area (Å²) in [7, 11) is -4.09. The first-order valence-electron chi connectivity index (χ1n) is 6.47. The van der Waals surface area contributed by atoms with Crippen LogP contribution in [0.5, 0.6) is 0 Å². The van der Waals surface area contributed by atoms with Crippen LogP contribution in [0, 0.1) is 19.7 Å². The molecule has 0 unspecified atom stereocenters. The third-order valence-electron chi connectivity index (χ3n) is 3.20. The Labute approximate surface area is 131 Å². The molecule has 0 heterocycles. The quantitative estimate of drug-likeness (QED) is 0.843. The topological polar surface area (TPSA) is 46.2 Å². The van der Waals surface area contributed by atoms with Gasteiger partial charge in [-0.1, -0.05) is 17.7 Å². The molecule has 2 aromatic carbocycles. The highest BCUT2D eigenvalue weighted by molar-refractivity contribution is 7.92. The Morgan fingerprint density at radius 3 is 2.09 bits per heavy atom. The first-order chi connectivity index (χ1) is 10.5. The molecule has 2 rings (SSSR count). The maximum Gasteiger partial charge on any atom is 0.416 e. The van der Waals surface area contributed by atoms with Gasteiger partial charge in [-0.15, -0.1) is 0 Å². The molecule has 0 radical (unpaired) electrons. The van der Waals surface area contributed by atoms with Gasteiger partial charge in [0.1, 0.15) is 5.82 Å². The maximum atomic E-state index is 13.8. The van der Waals surface area contributed by atoms with Crippen LogP contribution in [0.2, 0.25) is 0 Å². The van der Waals surface area contributed by atoms with Crippen molar-refractivity contribution in [3.05, 3.63) is 58.9 Å². The van der Waals surface area contributed by atoms with Crippen molar-refractivity contribution < 1.29 is 26.0 Å². The van der Waals surface area contributed by atoms with Crippen LogP contribution < -0.4 is 4.72 Å². The molecule has 0 amide bonds. The molecule has 2 aromatic rings. The SMILES string of the molecule is Cc1ccc(S(=O)(=O)Nc2cc(C)c(C(F)(F)F)cc2F)cc1. The second-order valence-electron chi connectivity index (χ2n) is 5.06. The van der Waals surface area contributed by atoms with Gasteiger partial charge in [0.25, 0.3) is 10.0 Å². The smallest absolute Gasteiger partial charge is 0.277 e. The van der Waals surface area contributed by atoms with Crippen molar-refractivity contribution >= 4 is 15.7 Å². The zero-order valence-electron chi connectivity index (χ0n) is 12.2. The normalized spacial score (nSPS) is 12.3. The third kappa shape index (κ3) is 3.82. The van der Waals surface area contributed by atoms with Gasteiger partial charge in [0.05, 0.1) is 16.1 Å². The van der Waals surface area contributed by atoms with Gasteiger partial charge in [0.15, 0.2) is 0 Å². The predicted octanol–water partition coefficient (Wildman–Crippen LogP) is 4.26. The van der Waals surface area contributed by atoms with Crippen LogP contribution >= 0.6 is 0 Å². The fraction of sp³-hybridized carbons (Fsp3) is 0.200. The molecule has 0 aliphatic rings. The lowest BCUT2D eigenvalue weighted by Crippen LogP contribution is -2.15. The average molecular weight is 347 g/mol. The van der Waals surface area contributed by atoms with Crippen molar-refractivity contribution in [2.24, 2.45) is 0 Å². The lowest BCUT2D eigenvalue weighted by atomic mass is 10.1. The van der Waals surface area contributed by atoms with Gasteiger partial charge in [0, 0.05) is 0 Å². The summed E-state index contributed by atoms with van der Waals surface area (Å²) in [6.07, 6.45) is -4.71. The Balaban J connectivity index is 2.40. The molecule has 0 fully saturated rings. The highest BCUT2D eigenvalue weighted by Crippen LogP contribution is 2.34. The number of alkyl halides is 3. The number of halogens is 4. The fourth-order valence-electron chi connectivity index (χ4n) is 1.99. The van der Waals surface area contributed by atoms with E-state index in [1.54, 1.807) is 19.1 Å². The van der Waals surface area contributed by atoms with Crippen LogP contribution in [0.15, 0.2) is 41.3 Å². The van der Waals surface area contributed by atoms with Gasteiger partial charge >= 0.3 is 6.18 Å². The van der Waals surface area contributed by atoms with E-state index in [2.05, 4.69) is 0 Å². The van der Waals surface area contributed by atoms with Crippen molar-refractivity contribution in [2.75, 3.05) is 4.72 Å². The average Bonchev–Trinajstić information content (AvgIpc) is 2.41. The van der Waals surface area contributed by atoms with Crippen LogP contribution in [0.4, 0.5) is 23.2 Å². The van der Waals surface area contributed by atoms with Gasteiger partial charge < -0.3 is 0 Å². The molecule has 0 aliphatic carbocycles. The van der Waals surface area contributed by atoms with E-state index in [0.717, 1.165) is 18.6 Å². The first kappa shape index (κ1) is 17.3. The van der Waals surface area contributed by atoms with E-state index in [1.807, 2.05) is 4.72 Å². The Morgan fingerprint density at radius 1 is 1.00 bits per heavy atom. The molecule has 0 aromatic heterocycles. The third-order valence-corrected chi connectivity index (χ3v) is 4.58. The van der Waals surface area contributed by atoms with E-state index in [0.29, 0.717) is 0 Å². The Morgan fingerprint density at radius 2 is 1.57 bits per heavy atom. The van der Waals surface area contributed by atoms with Crippen molar-refractivity contribution in [2.45, 2.75) is 24.9 Å². The minimum absolute atomic E-state index is 0.111. The Bertz CT molecular complexity index is 828. The summed E-state index contributed by atoms with van der Waals surface area (Å²) in [5.41, 5.74) is -1.12. The van der Waals surface area contributed by atoms with Gasteiger partial charge in [-0.2, -0.15) is 13.2 Å². The largest absolute Gasteiger partial charge is 0.416 e. The van der Waals surface area contributed by atoms with Gasteiger partial charge in [-0.3, -0.25) is 4.72 Å². The molecule has 23 heavy (non-hydrogen) atoms. The van der Waals surface area contributed by atoms with Crippen molar-refractivity contribution in [1.82, 2.24) is 0 Å². The molecule has 0 atom stereocenters. The minimum atomic E-state index is -4.71. The number of anilines is 1. The summed E-state index contributed by atoms with van der Waals surface area (Å²) >= 11 is 0. The number of sulfonamides is 1. The molecule has 0 saturated carbocycles. The highest BCUT2D eigenvalue weighted by atomic mass is 32.2. The predicted molar refractivity (Wildman–Crippen MR) is 78.1 cm³/mol. The molecular weight excluding hydrogens is 334 g/mol. The van der Waals surface area contributed by atoms with E-state index in [1.165, 1.54) is 12.1 Å². The Kier molecular flexibility index (Phi) is 4.39. The van der Waals surface area contributed by atoms with Crippen molar-refractivity contribution in [3.8, 4) is 0 Å². The van der Waals surface area contributed by atoms with E-state index in [9.17, 15) is 26.0 Å². The van der Waals surface area contributed by atoms with E-state index >= 15 is 0 Å². The monoisotopic (exact) mass is 347 g/mol. The summed E-state index contributed by atoms with van der Waals surface area (Å²) in [6.45, 7) is 2.90. The van der Waals surface area contributed by atoms with Crippen molar-refractivity contribution in [3.63, 3.8) is 0 Å². The molecule has 3 nitrogen and oxygen atoms in total. The highest BCUT2D eigenvalue weighted by Gasteiger charge is 2.33. The Hall–Kier alpha value is -2.09. The summed E-state index contributed by atoms with van der Waals surface area (Å²) < 4.78 is 78.2. The van der Waals surface area contributed by atoms with E-state index < -0.39 is 33.3 Å². The molecule has 0 saturated heterocycles. The number of benzene rings is 2. The number of aryl methyl sites for hydroxylation is 2. The fourth-order valence-corrected chi connectivity index (χ4v) is 3.04. The molecule has 8 heteroatoms. The molecular formula is C15H13F4NO2S. The lowest BCUT2D eigenvalue weighted by molar-refractivity contribution is -0.138. The lowest BCUT2D eigenvalue weighted by Gasteiger charge is -2.14. The number of nitrogens with one attached hydrogen (secondary N) is 1. The van der Waals surface area contributed by atoms with Gasteiger partial charge in [-0.05, 0) is 43.7 Å². The minimum Gasteiger partial charge on any atom is -0.277 e. The zero-order chi connectivity index (χ0) is 17.4. The standard InChI is InChI=1S/C15H13F4NO2S/c1-9-3-5-11(6-4-9)23(21,22)20-14-7-10(2)12(8-13(14)16)15(17,18)19/h3-8,20H,1-2H3. The summed E-state index contributed by atoms with van der Waals surface area (Å²) in [6, 6.07) is 6.87. The second-order valence-corrected chi connectivity index (χ2v) is 6.75. The molecule has 1 N–H and O–H groups in total. The molecule has 0 spiro atoms. The van der Waals surface area contributed by atoms with Crippen LogP contribution in [0.25, 0.3) is 0 Å². The summed E-state index contributed by atoms with van der Waals surface area (Å²) in [5.74, 6) is -1.29. The van der Waals surface area contributed by atoms with Gasteiger partial charge in [-0.25, -0.2) is 12.8 Å². The van der Waals surface area contributed by atoms with Crippen LogP contribution in [-0.2, 0) is 16.2 Å². The first-order valence-corrected chi connectivity index (χ1v) is 7.96. The molecule has 0 bridgehead atoms.